The molecule has 0 saturated carbocycles. The molecule has 2 amide bonds. The first kappa shape index (κ1) is 42.4. The van der Waals surface area contributed by atoms with Crippen LogP contribution < -0.4 is 10.6 Å². The Bertz CT molecular complexity index is 671. The fraction of sp³-hybridized carbons (Fsp3) is 0.818. The Balaban J connectivity index is 0. The van der Waals surface area contributed by atoms with E-state index in [-0.39, 0.29) is 25.0 Å². The van der Waals surface area contributed by atoms with Crippen molar-refractivity contribution in [3.05, 3.63) is 24.3 Å². The lowest BCUT2D eigenvalue weighted by Crippen LogP contribution is -2.48. The summed E-state index contributed by atoms with van der Waals surface area (Å²) in [5.74, 6) is 0.652. The normalized spacial score (nSPS) is 17.4. The third kappa shape index (κ3) is 21.0. The molecule has 0 aromatic rings. The molecule has 0 aliphatic rings. The third-order valence-electron chi connectivity index (χ3n) is 7.82. The molecule has 42 heavy (non-hydrogen) atoms. The van der Waals surface area contributed by atoms with Gasteiger partial charge in [-0.15, -0.1) is 0 Å². The van der Waals surface area contributed by atoms with E-state index in [9.17, 15) is 35.1 Å². The van der Waals surface area contributed by atoms with Gasteiger partial charge >= 0.3 is 0 Å². The van der Waals surface area contributed by atoms with Crippen molar-refractivity contribution in [3.8, 4) is 0 Å². The van der Waals surface area contributed by atoms with E-state index in [1.54, 1.807) is 19.1 Å². The van der Waals surface area contributed by atoms with Gasteiger partial charge in [0.1, 0.15) is 6.10 Å². The van der Waals surface area contributed by atoms with Gasteiger partial charge in [0.15, 0.2) is 0 Å². The van der Waals surface area contributed by atoms with Crippen molar-refractivity contribution in [3.63, 3.8) is 0 Å². The number of amides is 2. The Morgan fingerprint density at radius 1 is 0.643 bits per heavy atom. The molecule has 0 rings (SSSR count). The van der Waals surface area contributed by atoms with E-state index in [1.807, 2.05) is 26.0 Å². The molecule has 0 radical (unpaired) electrons. The van der Waals surface area contributed by atoms with Crippen molar-refractivity contribution in [1.82, 2.24) is 10.6 Å². The second kappa shape index (κ2) is 26.8. The molecule has 0 aliphatic heterocycles. The van der Waals surface area contributed by atoms with Crippen molar-refractivity contribution >= 4 is 11.8 Å². The summed E-state index contributed by atoms with van der Waals surface area (Å²) < 4.78 is 0. The smallest absolute Gasteiger partial charge is 0.249 e. The molecule has 8 atom stereocenters. The molecule has 9 heteroatoms. The maximum atomic E-state index is 11.8. The lowest BCUT2D eigenvalue weighted by molar-refractivity contribution is -0.131. The summed E-state index contributed by atoms with van der Waals surface area (Å²) in [5.41, 5.74) is 0. The minimum Gasteiger partial charge on any atom is -0.394 e. The summed E-state index contributed by atoms with van der Waals surface area (Å²) >= 11 is 0. The lowest BCUT2D eigenvalue weighted by atomic mass is 10.0. The van der Waals surface area contributed by atoms with Crippen molar-refractivity contribution in [1.29, 1.82) is 0 Å². The van der Waals surface area contributed by atoms with Crippen LogP contribution in [-0.2, 0) is 9.59 Å². The van der Waals surface area contributed by atoms with Gasteiger partial charge in [-0.25, -0.2) is 0 Å². The van der Waals surface area contributed by atoms with E-state index in [0.717, 1.165) is 44.4 Å². The summed E-state index contributed by atoms with van der Waals surface area (Å²) in [4.78, 5) is 23.3. The van der Waals surface area contributed by atoms with Crippen LogP contribution in [0, 0.1) is 17.8 Å². The minimum atomic E-state index is -1.11. The predicted octanol–water partition coefficient (Wildman–Crippen LogP) is 4.01. The van der Waals surface area contributed by atoms with Gasteiger partial charge in [-0.3, -0.25) is 9.59 Å². The highest BCUT2D eigenvalue weighted by Gasteiger charge is 2.22. The fourth-order valence-corrected chi connectivity index (χ4v) is 3.77. The van der Waals surface area contributed by atoms with E-state index in [0.29, 0.717) is 12.3 Å². The molecule has 0 saturated heterocycles. The van der Waals surface area contributed by atoms with E-state index >= 15 is 0 Å². The van der Waals surface area contributed by atoms with Crippen molar-refractivity contribution < 1.29 is 35.1 Å². The molecule has 0 aromatic heterocycles. The van der Waals surface area contributed by atoms with Crippen molar-refractivity contribution in [2.24, 2.45) is 17.8 Å². The lowest BCUT2D eigenvalue weighted by Gasteiger charge is -2.21. The van der Waals surface area contributed by atoms with Gasteiger partial charge in [0, 0.05) is 5.92 Å². The number of carbonyl (C=O) groups excluding carboxylic acids is 2. The molecule has 7 N–H and O–H groups in total. The molecular weight excluding hydrogens is 536 g/mol. The van der Waals surface area contributed by atoms with Gasteiger partial charge in [-0.05, 0) is 50.4 Å². The van der Waals surface area contributed by atoms with Crippen molar-refractivity contribution in [2.75, 3.05) is 13.2 Å². The highest BCUT2D eigenvalue weighted by molar-refractivity contribution is 5.80. The molecule has 4 unspecified atom stereocenters. The first-order valence-electron chi connectivity index (χ1n) is 16.1. The largest absolute Gasteiger partial charge is 0.394 e. The molecule has 9 nitrogen and oxygen atoms in total. The molecule has 248 valence electrons. The number of hydrogen-bond donors (Lipinski definition) is 7. The average Bonchev–Trinajstić information content (AvgIpc) is 3.00. The topological polar surface area (TPSA) is 159 Å². The molecule has 0 aromatic carbocycles. The summed E-state index contributed by atoms with van der Waals surface area (Å²) in [5, 5.41) is 53.0. The first-order chi connectivity index (χ1) is 19.9. The van der Waals surface area contributed by atoms with Crippen molar-refractivity contribution in [2.45, 2.75) is 143 Å². The Morgan fingerprint density at radius 2 is 1.05 bits per heavy atom. The number of aliphatic hydroxyl groups excluding tert-OH is 5. The molecule has 0 spiro atoms. The van der Waals surface area contributed by atoms with E-state index < -0.39 is 36.3 Å². The monoisotopic (exact) mass is 600 g/mol. The zero-order valence-electron chi connectivity index (χ0n) is 27.5. The Kier molecular flexibility index (Phi) is 27.0. The van der Waals surface area contributed by atoms with Crippen LogP contribution in [-0.4, -0.2) is 81.0 Å². The van der Waals surface area contributed by atoms with Crippen LogP contribution in [0.5, 0.6) is 0 Å². The van der Waals surface area contributed by atoms with Gasteiger partial charge in [0.25, 0.3) is 0 Å². The number of hydrogen-bond acceptors (Lipinski definition) is 7. The number of nitrogens with one attached hydrogen (secondary N) is 2. The maximum Gasteiger partial charge on any atom is 0.249 e. The van der Waals surface area contributed by atoms with Crippen LogP contribution in [0.15, 0.2) is 24.3 Å². The number of aliphatic hydroxyl groups is 5. The summed E-state index contributed by atoms with van der Waals surface area (Å²) in [6, 6.07) is -1.41. The minimum absolute atomic E-state index is 0.106. The van der Waals surface area contributed by atoms with Gasteiger partial charge in [0.2, 0.25) is 11.8 Å². The van der Waals surface area contributed by atoms with Crippen LogP contribution in [0.25, 0.3) is 0 Å². The number of carbonyl (C=O) groups is 2. The first-order valence-corrected chi connectivity index (χ1v) is 16.1. The highest BCUT2D eigenvalue weighted by atomic mass is 16.3. The van der Waals surface area contributed by atoms with Gasteiger partial charge < -0.3 is 36.2 Å². The molecular formula is C33H64N2O7. The highest BCUT2D eigenvalue weighted by Crippen LogP contribution is 2.12. The van der Waals surface area contributed by atoms with Gasteiger partial charge in [-0.1, -0.05) is 98.5 Å². The SMILES string of the molecule is CCC(C)CCC/C=C/[C@@H](O)[C@H](CO)NC(=O)C(C)CC.CCC(C)CCC/C=C/[C@@H](O)[C@H](CO)NC(=O)C(O)CC. The quantitative estimate of drug-likeness (QED) is 0.0730. The molecule has 0 fully saturated rings. The zero-order chi connectivity index (χ0) is 32.5. The summed E-state index contributed by atoms with van der Waals surface area (Å²) in [7, 11) is 0. The van der Waals surface area contributed by atoms with E-state index in [2.05, 4.69) is 38.3 Å². The second-order valence-corrected chi connectivity index (χ2v) is 11.6. The maximum absolute atomic E-state index is 11.8. The molecule has 0 bridgehead atoms. The summed E-state index contributed by atoms with van der Waals surface area (Å²) in [6.45, 7) is 13.6. The summed E-state index contributed by atoms with van der Waals surface area (Å²) in [6.07, 6.45) is 13.9. The van der Waals surface area contributed by atoms with Gasteiger partial charge in [0.05, 0.1) is 37.5 Å². The van der Waals surface area contributed by atoms with Crippen LogP contribution in [0.3, 0.4) is 0 Å². The van der Waals surface area contributed by atoms with Gasteiger partial charge in [-0.2, -0.15) is 0 Å². The second-order valence-electron chi connectivity index (χ2n) is 11.6. The predicted molar refractivity (Wildman–Crippen MR) is 171 cm³/mol. The third-order valence-corrected chi connectivity index (χ3v) is 7.82. The van der Waals surface area contributed by atoms with Crippen LogP contribution in [0.4, 0.5) is 0 Å². The Morgan fingerprint density at radius 3 is 1.38 bits per heavy atom. The average molecular weight is 601 g/mol. The van der Waals surface area contributed by atoms with E-state index in [4.69, 9.17) is 0 Å². The number of allylic oxidation sites excluding steroid dienone is 2. The Hall–Kier alpha value is -1.78. The van der Waals surface area contributed by atoms with Crippen LogP contribution in [0.1, 0.15) is 113 Å². The standard InChI is InChI=1S/C17H33NO3.C16H31NO4/c1-5-13(3)10-8-7-9-11-16(20)15(12-19)18-17(21)14(4)6-2;1-4-12(3)9-7-6-8-10-15(20)13(11-18)17-16(21)14(19)5-2/h9,11,13-16,19-20H,5-8,10,12H2,1-4H3,(H,18,21);8,10,12-15,18-20H,4-7,9,11H2,1-3H3,(H,17,21)/b11-9+;10-8+/t13?,14?,15-,16+;12?,13-,14?,15+/m00/s1. The van der Waals surface area contributed by atoms with E-state index in [1.165, 1.54) is 19.3 Å². The molecule has 0 heterocycles. The Labute approximate surface area is 255 Å². The number of rotatable bonds is 22. The molecule has 0 aliphatic carbocycles. The van der Waals surface area contributed by atoms with Crippen LogP contribution >= 0.6 is 0 Å². The zero-order valence-corrected chi connectivity index (χ0v) is 27.5. The number of unbranched alkanes of at least 4 members (excludes halogenated alkanes) is 2. The fourth-order valence-electron chi connectivity index (χ4n) is 3.77. The van der Waals surface area contributed by atoms with Crippen LogP contribution in [0.2, 0.25) is 0 Å².